The van der Waals surface area contributed by atoms with E-state index in [-0.39, 0.29) is 0 Å². The van der Waals surface area contributed by atoms with Crippen LogP contribution in [0.5, 0.6) is 0 Å². The fourth-order valence-corrected chi connectivity index (χ4v) is 0.319. The molecule has 0 aromatic heterocycles. The molecule has 0 aliphatic carbocycles. The van der Waals surface area contributed by atoms with Gasteiger partial charge in [-0.25, -0.2) is 9.18 Å². The molecule has 72 valence electrons. The number of carbonyl (C=O) groups excluding carboxylic acids is 1. The highest BCUT2D eigenvalue weighted by Crippen LogP contribution is 2.17. The highest BCUT2D eigenvalue weighted by atomic mass is 19.4. The first kappa shape index (κ1) is 11.2. The molecule has 0 spiro atoms. The normalized spacial score (nSPS) is 12.8. The first-order valence-electron chi connectivity index (χ1n) is 3.06. The van der Waals surface area contributed by atoms with E-state index in [1.807, 2.05) is 0 Å². The van der Waals surface area contributed by atoms with Gasteiger partial charge in [0.15, 0.2) is 6.61 Å². The molecule has 0 bridgehead atoms. The molecular formula is C6H8F4O2. The van der Waals surface area contributed by atoms with Crippen LogP contribution >= 0.6 is 0 Å². The number of halogens is 4. The number of rotatable bonds is 2. The number of hydrogen-bond acceptors (Lipinski definition) is 2. The van der Waals surface area contributed by atoms with E-state index in [1.54, 1.807) is 0 Å². The van der Waals surface area contributed by atoms with Crippen molar-refractivity contribution >= 4 is 5.97 Å². The molecule has 12 heavy (non-hydrogen) atoms. The topological polar surface area (TPSA) is 26.3 Å². The Morgan fingerprint density at radius 2 is 1.67 bits per heavy atom. The van der Waals surface area contributed by atoms with E-state index in [9.17, 15) is 22.4 Å². The molecule has 0 fully saturated rings. The van der Waals surface area contributed by atoms with Crippen molar-refractivity contribution < 1.29 is 27.1 Å². The summed E-state index contributed by atoms with van der Waals surface area (Å²) < 4.78 is 50.4. The third kappa shape index (κ3) is 4.92. The monoisotopic (exact) mass is 188 g/mol. The van der Waals surface area contributed by atoms with Crippen molar-refractivity contribution in [3.63, 3.8) is 0 Å². The Labute approximate surface area is 66.5 Å². The Bertz CT molecular complexity index is 167. The van der Waals surface area contributed by atoms with Crippen molar-refractivity contribution in [1.29, 1.82) is 0 Å². The highest BCUT2D eigenvalue weighted by Gasteiger charge is 2.34. The van der Waals surface area contributed by atoms with E-state index >= 15 is 0 Å². The quantitative estimate of drug-likeness (QED) is 0.488. The average Bonchev–Trinajstić information content (AvgIpc) is 1.78. The van der Waals surface area contributed by atoms with Crippen molar-refractivity contribution in [3.8, 4) is 0 Å². The maximum absolute atomic E-state index is 12.5. The molecule has 0 aliphatic rings. The summed E-state index contributed by atoms with van der Waals surface area (Å²) in [7, 11) is 0. The summed E-state index contributed by atoms with van der Waals surface area (Å²) in [4.78, 5) is 10.4. The molecule has 0 rings (SSSR count). The molecule has 0 radical (unpaired) electrons. The first-order chi connectivity index (χ1) is 5.13. The van der Waals surface area contributed by atoms with Crippen LogP contribution in [0, 0.1) is 0 Å². The maximum atomic E-state index is 12.5. The van der Waals surface area contributed by atoms with Crippen molar-refractivity contribution in [2.45, 2.75) is 25.7 Å². The second-order valence-electron chi connectivity index (χ2n) is 2.66. The van der Waals surface area contributed by atoms with Crippen LogP contribution in [0.15, 0.2) is 0 Å². The van der Waals surface area contributed by atoms with Crippen molar-refractivity contribution in [3.05, 3.63) is 0 Å². The summed E-state index contributed by atoms with van der Waals surface area (Å²) in [5.74, 6) is -1.51. The van der Waals surface area contributed by atoms with Crippen molar-refractivity contribution in [2.24, 2.45) is 0 Å². The van der Waals surface area contributed by atoms with Crippen molar-refractivity contribution in [2.75, 3.05) is 6.61 Å². The van der Waals surface area contributed by atoms with E-state index in [4.69, 9.17) is 0 Å². The minimum absolute atomic E-state index is 0.825. The summed E-state index contributed by atoms with van der Waals surface area (Å²) in [6.45, 7) is -0.101. The van der Waals surface area contributed by atoms with Crippen LogP contribution < -0.4 is 0 Å². The number of ether oxygens (including phenoxy) is 1. The molecule has 0 aliphatic heterocycles. The SMILES string of the molecule is CC(C)(F)C(=O)OCC(F)(F)F. The molecule has 0 saturated heterocycles. The lowest BCUT2D eigenvalue weighted by atomic mass is 10.2. The van der Waals surface area contributed by atoms with Gasteiger partial charge in [-0.3, -0.25) is 0 Å². The lowest BCUT2D eigenvalue weighted by Crippen LogP contribution is -2.31. The molecule has 2 nitrogen and oxygen atoms in total. The Balaban J connectivity index is 3.90. The third-order valence-electron chi connectivity index (χ3n) is 0.852. The van der Waals surface area contributed by atoms with Crippen LogP contribution in [-0.4, -0.2) is 24.4 Å². The standard InChI is InChI=1S/C6H8F4O2/c1-5(2,7)4(11)12-3-6(8,9)10/h3H2,1-2H3. The van der Waals surface area contributed by atoms with Crippen LogP contribution in [0.1, 0.15) is 13.8 Å². The molecule has 0 N–H and O–H groups in total. The Morgan fingerprint density at radius 3 is 1.92 bits per heavy atom. The van der Waals surface area contributed by atoms with Gasteiger partial charge in [-0.15, -0.1) is 0 Å². The predicted molar refractivity (Wildman–Crippen MR) is 32.2 cm³/mol. The van der Waals surface area contributed by atoms with Gasteiger partial charge in [-0.1, -0.05) is 0 Å². The van der Waals surface area contributed by atoms with Crippen molar-refractivity contribution in [1.82, 2.24) is 0 Å². The average molecular weight is 188 g/mol. The number of alkyl halides is 4. The molecule has 0 aromatic rings. The van der Waals surface area contributed by atoms with E-state index in [1.165, 1.54) is 0 Å². The second-order valence-corrected chi connectivity index (χ2v) is 2.66. The molecule has 0 atom stereocenters. The van der Waals surface area contributed by atoms with Gasteiger partial charge >= 0.3 is 12.1 Å². The molecule has 0 saturated carbocycles. The van der Waals surface area contributed by atoms with Gasteiger partial charge in [-0.05, 0) is 13.8 Å². The Hall–Kier alpha value is -0.810. The van der Waals surface area contributed by atoms with Gasteiger partial charge in [0.05, 0.1) is 0 Å². The van der Waals surface area contributed by atoms with E-state index in [0.717, 1.165) is 13.8 Å². The van der Waals surface area contributed by atoms with Crippen LogP contribution in [0.4, 0.5) is 17.6 Å². The molecule has 0 aromatic carbocycles. The van der Waals surface area contributed by atoms with Gasteiger partial charge in [0.2, 0.25) is 5.67 Å². The van der Waals surface area contributed by atoms with Gasteiger partial charge in [0.25, 0.3) is 0 Å². The van der Waals surface area contributed by atoms with Crippen LogP contribution in [0.25, 0.3) is 0 Å². The molecular weight excluding hydrogens is 180 g/mol. The summed E-state index contributed by atoms with van der Waals surface area (Å²) in [5, 5.41) is 0. The lowest BCUT2D eigenvalue weighted by Gasteiger charge is -2.13. The Kier molecular flexibility index (Phi) is 3.06. The first-order valence-corrected chi connectivity index (χ1v) is 3.06. The van der Waals surface area contributed by atoms with E-state index < -0.39 is 24.4 Å². The zero-order valence-corrected chi connectivity index (χ0v) is 6.54. The lowest BCUT2D eigenvalue weighted by molar-refractivity contribution is -0.193. The van der Waals surface area contributed by atoms with Gasteiger partial charge in [0.1, 0.15) is 0 Å². The molecule has 0 heterocycles. The molecule has 6 heteroatoms. The minimum atomic E-state index is -4.61. The largest absolute Gasteiger partial charge is 0.454 e. The van der Waals surface area contributed by atoms with Gasteiger partial charge in [-0.2, -0.15) is 13.2 Å². The number of esters is 1. The zero-order chi connectivity index (χ0) is 9.99. The second kappa shape index (κ2) is 3.28. The van der Waals surface area contributed by atoms with Crippen LogP contribution in [0.3, 0.4) is 0 Å². The van der Waals surface area contributed by atoms with E-state index in [2.05, 4.69) is 4.74 Å². The summed E-state index contributed by atoms with van der Waals surface area (Å²) >= 11 is 0. The highest BCUT2D eigenvalue weighted by molar-refractivity contribution is 5.78. The predicted octanol–water partition coefficient (Wildman–Crippen LogP) is 1.84. The third-order valence-corrected chi connectivity index (χ3v) is 0.852. The fraction of sp³-hybridized carbons (Fsp3) is 0.833. The van der Waals surface area contributed by atoms with E-state index in [0.29, 0.717) is 0 Å². The van der Waals surface area contributed by atoms with Crippen LogP contribution in [-0.2, 0) is 9.53 Å². The minimum Gasteiger partial charge on any atom is -0.454 e. The Morgan fingerprint density at radius 1 is 1.25 bits per heavy atom. The molecule has 0 amide bonds. The summed E-state index contributed by atoms with van der Waals surface area (Å²) in [5.41, 5.74) is -2.38. The van der Waals surface area contributed by atoms with Gasteiger partial charge < -0.3 is 4.74 Å². The summed E-state index contributed by atoms with van der Waals surface area (Å²) in [6, 6.07) is 0. The van der Waals surface area contributed by atoms with Gasteiger partial charge in [0, 0.05) is 0 Å². The zero-order valence-electron chi connectivity index (χ0n) is 6.54. The summed E-state index contributed by atoms with van der Waals surface area (Å²) in [6.07, 6.45) is -4.61. The van der Waals surface area contributed by atoms with Crippen LogP contribution in [0.2, 0.25) is 0 Å². The number of carbonyl (C=O) groups is 1. The fourth-order valence-electron chi connectivity index (χ4n) is 0.319. The molecule has 0 unspecified atom stereocenters. The maximum Gasteiger partial charge on any atom is 0.422 e. The number of hydrogen-bond donors (Lipinski definition) is 0. The smallest absolute Gasteiger partial charge is 0.422 e.